The quantitative estimate of drug-likeness (QED) is 0.101. The van der Waals surface area contributed by atoms with Gasteiger partial charge in [-0.1, -0.05) is 132 Å². The Morgan fingerprint density at radius 3 is 2.36 bits per heavy atom. The number of nitrogens with zero attached hydrogens (tertiary/aromatic N) is 4. The smallest absolute Gasteiger partial charge is 0.157 e. The zero-order valence-electron chi connectivity index (χ0n) is 39.2. The lowest BCUT2D eigenvalue weighted by atomic mass is 10.0. The largest absolute Gasteiger partial charge is 0.456 e. The van der Waals surface area contributed by atoms with Crippen molar-refractivity contribution in [3.63, 3.8) is 0 Å². The first-order valence-corrected chi connectivity index (χ1v) is 23.7. The Morgan fingerprint density at radius 2 is 1.60 bits per heavy atom. The number of rotatable bonds is 10. The van der Waals surface area contributed by atoms with Crippen molar-refractivity contribution < 1.29 is 8.83 Å². The van der Waals surface area contributed by atoms with Crippen molar-refractivity contribution >= 4 is 98.3 Å². The van der Waals surface area contributed by atoms with E-state index in [0.717, 1.165) is 108 Å². The fourth-order valence-electron chi connectivity index (χ4n) is 8.34. The highest BCUT2D eigenvalue weighted by molar-refractivity contribution is 8.05. The zero-order chi connectivity index (χ0) is 47.0. The molecule has 0 bridgehead atoms. The fourth-order valence-corrected chi connectivity index (χ4v) is 9.31. The molecule has 0 fully saturated rings. The normalized spacial score (nSPS) is 13.1. The number of allylic oxidation sites excluding steroid dienone is 8. The summed E-state index contributed by atoms with van der Waals surface area (Å²) in [5, 5.41) is 3.49. The van der Waals surface area contributed by atoms with E-state index in [1.165, 1.54) is 16.3 Å². The van der Waals surface area contributed by atoms with Gasteiger partial charge in [-0.05, 0) is 124 Å². The Hall–Kier alpha value is -7.61. The molecule has 4 aromatic carbocycles. The van der Waals surface area contributed by atoms with Gasteiger partial charge in [-0.15, -0.1) is 0 Å². The average Bonchev–Trinajstić information content (AvgIpc) is 3.94. The van der Waals surface area contributed by atoms with Crippen LogP contribution in [0, 0.1) is 6.92 Å². The van der Waals surface area contributed by atoms with Crippen LogP contribution in [0.25, 0.3) is 91.7 Å². The Morgan fingerprint density at radius 1 is 0.806 bits per heavy atom. The molecule has 334 valence electrons. The van der Waals surface area contributed by atoms with E-state index in [2.05, 4.69) is 175 Å². The van der Waals surface area contributed by atoms with E-state index in [0.29, 0.717) is 5.82 Å². The molecule has 1 aliphatic heterocycles. The molecule has 0 N–H and O–H groups in total. The monoisotopic (exact) mass is 896 g/mol. The van der Waals surface area contributed by atoms with E-state index in [-0.39, 0.29) is 0 Å². The van der Waals surface area contributed by atoms with Crippen LogP contribution in [0.3, 0.4) is 0 Å². The van der Waals surface area contributed by atoms with Gasteiger partial charge in [0.2, 0.25) is 0 Å². The Balaban J connectivity index is 0.000000326. The van der Waals surface area contributed by atoms with Gasteiger partial charge in [0.25, 0.3) is 0 Å². The van der Waals surface area contributed by atoms with E-state index >= 15 is 0 Å². The molecule has 5 heterocycles. The molecular formula is C60H56N4O2S. The molecule has 0 atom stereocenters. The summed E-state index contributed by atoms with van der Waals surface area (Å²) >= 11 is 1.66. The number of furan rings is 2. The summed E-state index contributed by atoms with van der Waals surface area (Å²) < 4.78 is 16.5. The van der Waals surface area contributed by atoms with Gasteiger partial charge >= 0.3 is 0 Å². The predicted molar refractivity (Wildman–Crippen MR) is 291 cm³/mol. The molecule has 4 aromatic heterocycles. The molecular weight excluding hydrogens is 841 g/mol. The Labute approximate surface area is 398 Å². The van der Waals surface area contributed by atoms with Crippen LogP contribution in [0.1, 0.15) is 92.8 Å². The maximum absolute atomic E-state index is 6.22. The van der Waals surface area contributed by atoms with E-state index < -0.39 is 0 Å². The number of aromatic nitrogens is 3. The highest BCUT2D eigenvalue weighted by Gasteiger charge is 2.27. The van der Waals surface area contributed by atoms with Crippen LogP contribution < -0.4 is 4.31 Å². The Kier molecular flexibility index (Phi) is 14.2. The van der Waals surface area contributed by atoms with Crippen LogP contribution in [0.4, 0.5) is 11.5 Å². The number of benzene rings is 4. The molecule has 0 saturated carbocycles. The molecule has 7 heteroatoms. The lowest BCUT2D eigenvalue weighted by molar-refractivity contribution is 0.544. The standard InChI is InChI=1S/C45H34N4OS.C13H16O.C2H6/c1-4-5-8-17-32-27-37-40(24-23-35-33-18-13-14-20-39(33)48(44(35)37)31-15-9-6-10-16-31)49(51-32)43-28-38(46-45(47-43)29(2)3)30-22-25-42-36(26-30)34-19-11-7-12-21-41(34)50-42;1-5-8-9-13-11(6-2)10(4)12(7-3)14-13;1-2/h4-6,8-28H,2,7H2,1,3H3;6-9H,2-3,5H2,1,4H3;1-2H3/b5-4-,17-8-;9-8-;. The molecule has 10 rings (SSSR count). The van der Waals surface area contributed by atoms with Crippen molar-refractivity contribution in [1.29, 1.82) is 0 Å². The summed E-state index contributed by atoms with van der Waals surface area (Å²) in [5.41, 5.74) is 12.4. The van der Waals surface area contributed by atoms with Crippen molar-refractivity contribution in [2.45, 2.75) is 54.4 Å². The maximum atomic E-state index is 6.22. The van der Waals surface area contributed by atoms with E-state index in [1.54, 1.807) is 18.0 Å². The minimum absolute atomic E-state index is 0.610. The molecule has 0 radical (unpaired) electrons. The van der Waals surface area contributed by atoms with Gasteiger partial charge < -0.3 is 13.4 Å². The minimum atomic E-state index is 0.610. The summed E-state index contributed by atoms with van der Waals surface area (Å²) in [7, 11) is 0. The van der Waals surface area contributed by atoms with Gasteiger partial charge in [-0.25, -0.2) is 9.97 Å². The minimum Gasteiger partial charge on any atom is -0.456 e. The number of anilines is 2. The fraction of sp³-hybridized carbons (Fsp3) is 0.133. The summed E-state index contributed by atoms with van der Waals surface area (Å²) in [5.74, 6) is 3.97. The number of hydrogen-bond acceptors (Lipinski definition) is 6. The van der Waals surface area contributed by atoms with Crippen molar-refractivity contribution in [3.8, 4) is 16.9 Å². The zero-order valence-corrected chi connectivity index (χ0v) is 40.0. The topological polar surface area (TPSA) is 60.2 Å². The van der Waals surface area contributed by atoms with Gasteiger partial charge in [0, 0.05) is 60.6 Å². The number of para-hydroxylation sites is 2. The van der Waals surface area contributed by atoms with Crippen molar-refractivity contribution in [3.05, 3.63) is 204 Å². The van der Waals surface area contributed by atoms with E-state index in [9.17, 15) is 0 Å². The highest BCUT2D eigenvalue weighted by atomic mass is 32.2. The van der Waals surface area contributed by atoms with Crippen LogP contribution in [0.5, 0.6) is 0 Å². The van der Waals surface area contributed by atoms with E-state index in [4.69, 9.17) is 18.8 Å². The highest BCUT2D eigenvalue weighted by Crippen LogP contribution is 2.48. The SMILES string of the molecule is C=C(C)c1nc(-c2ccc3oc4c(c3c2)C=CCC=C4)cc(N2SC(/C=C\C=C/C)=Cc3c2ccc2c4ccccc4n(-c4ccccc4)c32)n1.C=Cc1oc(/C=C\CC)c(C=C)c1C.CC. The second-order valence-electron chi connectivity index (χ2n) is 15.8. The first-order valence-electron chi connectivity index (χ1n) is 22.9. The van der Waals surface area contributed by atoms with Crippen LogP contribution >= 0.6 is 11.9 Å². The van der Waals surface area contributed by atoms with Crippen LogP contribution in [-0.2, 0) is 0 Å². The van der Waals surface area contributed by atoms with E-state index in [1.807, 2.05) is 58.9 Å². The predicted octanol–water partition coefficient (Wildman–Crippen LogP) is 18.0. The van der Waals surface area contributed by atoms with Gasteiger partial charge in [0.05, 0.1) is 22.4 Å². The lowest BCUT2D eigenvalue weighted by Gasteiger charge is -2.29. The molecule has 0 amide bonds. The molecule has 0 spiro atoms. The van der Waals surface area contributed by atoms with Crippen LogP contribution in [0.15, 0.2) is 167 Å². The molecule has 0 saturated heterocycles. The number of hydrogen-bond donors (Lipinski definition) is 0. The third kappa shape index (κ3) is 9.16. The van der Waals surface area contributed by atoms with Crippen LogP contribution in [0.2, 0.25) is 0 Å². The lowest BCUT2D eigenvalue weighted by Crippen LogP contribution is -2.15. The first kappa shape index (κ1) is 45.9. The third-order valence-corrected chi connectivity index (χ3v) is 12.5. The van der Waals surface area contributed by atoms with Crippen LogP contribution in [-0.4, -0.2) is 14.5 Å². The third-order valence-electron chi connectivity index (χ3n) is 11.5. The summed E-state index contributed by atoms with van der Waals surface area (Å²) in [6, 6.07) is 32.1. The second-order valence-corrected chi connectivity index (χ2v) is 16.9. The van der Waals surface area contributed by atoms with Gasteiger partial charge in [-0.2, -0.15) is 0 Å². The molecule has 6 nitrogen and oxygen atoms in total. The van der Waals surface area contributed by atoms with Crippen molar-refractivity contribution in [2.24, 2.45) is 0 Å². The summed E-state index contributed by atoms with van der Waals surface area (Å²) in [6.45, 7) is 23.8. The van der Waals surface area contributed by atoms with Gasteiger partial charge in [0.15, 0.2) is 5.82 Å². The molecule has 2 aliphatic rings. The molecule has 1 aliphatic carbocycles. The summed E-state index contributed by atoms with van der Waals surface area (Å²) in [6.07, 6.45) is 28.6. The maximum Gasteiger partial charge on any atom is 0.157 e. The number of fused-ring (bicyclic) bond motifs is 8. The first-order chi connectivity index (χ1) is 32.8. The van der Waals surface area contributed by atoms with Crippen molar-refractivity contribution in [1.82, 2.24) is 14.5 Å². The second kappa shape index (κ2) is 20.7. The average molecular weight is 897 g/mol. The molecule has 67 heavy (non-hydrogen) atoms. The summed E-state index contributed by atoms with van der Waals surface area (Å²) in [4.78, 5) is 11.3. The Bertz CT molecular complexity index is 3350. The molecule has 8 aromatic rings. The van der Waals surface area contributed by atoms with Gasteiger partial charge in [0.1, 0.15) is 28.7 Å². The molecule has 0 unspecified atom stereocenters. The van der Waals surface area contributed by atoms with Gasteiger partial charge in [-0.3, -0.25) is 4.31 Å². The van der Waals surface area contributed by atoms with Crippen molar-refractivity contribution in [2.75, 3.05) is 4.31 Å².